The second kappa shape index (κ2) is 9.73. The van der Waals surface area contributed by atoms with E-state index in [0.29, 0.717) is 24.4 Å². The van der Waals surface area contributed by atoms with E-state index in [1.54, 1.807) is 14.2 Å². The van der Waals surface area contributed by atoms with Gasteiger partial charge >= 0.3 is 0 Å². The molecule has 1 aromatic heterocycles. The first kappa shape index (κ1) is 21.2. The summed E-state index contributed by atoms with van der Waals surface area (Å²) in [7, 11) is 3.26. The van der Waals surface area contributed by atoms with E-state index in [2.05, 4.69) is 10.5 Å². The molecule has 1 aliphatic carbocycles. The van der Waals surface area contributed by atoms with Gasteiger partial charge < -0.3 is 25.0 Å². The number of hydrogen-bond donors (Lipinski definition) is 2. The minimum Gasteiger partial charge on any atom is -0.497 e. The molecule has 148 valence electrons. The van der Waals surface area contributed by atoms with Crippen molar-refractivity contribution in [2.45, 2.75) is 38.0 Å². The Balaban J connectivity index is 0.00000261. The SMILES string of the molecule is COc1cccc(-c2cc(CNC(=O)[C@H]3CC[C@@H](N)[C@H](OC)C3)on2)c1.Cl. The average Bonchev–Trinajstić information content (AvgIpc) is 3.15. The Kier molecular flexibility index (Phi) is 7.65. The van der Waals surface area contributed by atoms with Gasteiger partial charge in [-0.1, -0.05) is 17.3 Å². The normalized spacial score (nSPS) is 22.0. The van der Waals surface area contributed by atoms with Crippen LogP contribution in [0.4, 0.5) is 0 Å². The first-order valence-electron chi connectivity index (χ1n) is 8.76. The Morgan fingerprint density at radius 2 is 2.15 bits per heavy atom. The molecule has 3 atom stereocenters. The Hall–Kier alpha value is -2.09. The van der Waals surface area contributed by atoms with Crippen LogP contribution in [0, 0.1) is 5.92 Å². The highest BCUT2D eigenvalue weighted by atomic mass is 35.5. The Morgan fingerprint density at radius 1 is 1.33 bits per heavy atom. The van der Waals surface area contributed by atoms with Crippen LogP contribution in [0.3, 0.4) is 0 Å². The predicted octanol–water partition coefficient (Wildman–Crippen LogP) is 2.53. The van der Waals surface area contributed by atoms with Gasteiger partial charge in [0.2, 0.25) is 5.91 Å². The van der Waals surface area contributed by atoms with Crippen molar-refractivity contribution in [1.82, 2.24) is 10.5 Å². The molecule has 7 nitrogen and oxygen atoms in total. The first-order valence-corrected chi connectivity index (χ1v) is 8.76. The van der Waals surface area contributed by atoms with Gasteiger partial charge in [0, 0.05) is 30.7 Å². The first-order chi connectivity index (χ1) is 12.6. The third-order valence-electron chi connectivity index (χ3n) is 4.88. The number of halogens is 1. The third-order valence-corrected chi connectivity index (χ3v) is 4.88. The topological polar surface area (TPSA) is 99.6 Å². The van der Waals surface area contributed by atoms with Gasteiger partial charge in [0.1, 0.15) is 11.4 Å². The molecule has 1 heterocycles. The molecule has 0 unspecified atom stereocenters. The van der Waals surface area contributed by atoms with Crippen LogP contribution in [0.25, 0.3) is 11.3 Å². The van der Waals surface area contributed by atoms with Crippen LogP contribution < -0.4 is 15.8 Å². The van der Waals surface area contributed by atoms with Gasteiger partial charge in [0.25, 0.3) is 0 Å². The molecule has 3 rings (SSSR count). The number of carbonyl (C=O) groups is 1. The van der Waals surface area contributed by atoms with Crippen molar-refractivity contribution in [2.24, 2.45) is 11.7 Å². The van der Waals surface area contributed by atoms with Gasteiger partial charge in [-0.25, -0.2) is 0 Å². The molecule has 1 aromatic carbocycles. The number of benzene rings is 1. The lowest BCUT2D eigenvalue weighted by Crippen LogP contribution is -2.45. The zero-order chi connectivity index (χ0) is 18.5. The highest BCUT2D eigenvalue weighted by molar-refractivity contribution is 5.85. The molecule has 8 heteroatoms. The van der Waals surface area contributed by atoms with Crippen LogP contribution in [-0.4, -0.2) is 37.4 Å². The summed E-state index contributed by atoms with van der Waals surface area (Å²) in [5, 5.41) is 6.99. The van der Waals surface area contributed by atoms with Gasteiger partial charge in [-0.15, -0.1) is 12.4 Å². The number of rotatable bonds is 6. The molecule has 1 saturated carbocycles. The number of ether oxygens (including phenoxy) is 2. The Bertz CT molecular complexity index is 752. The van der Waals surface area contributed by atoms with Crippen molar-refractivity contribution < 1.29 is 18.8 Å². The summed E-state index contributed by atoms with van der Waals surface area (Å²) in [5.41, 5.74) is 7.61. The van der Waals surface area contributed by atoms with Gasteiger partial charge in [-0.3, -0.25) is 4.79 Å². The van der Waals surface area contributed by atoms with Crippen molar-refractivity contribution in [3.05, 3.63) is 36.1 Å². The fourth-order valence-electron chi connectivity index (χ4n) is 3.30. The molecule has 0 saturated heterocycles. The number of methoxy groups -OCH3 is 2. The van der Waals surface area contributed by atoms with Crippen molar-refractivity contribution in [2.75, 3.05) is 14.2 Å². The molecule has 0 aliphatic heterocycles. The van der Waals surface area contributed by atoms with Gasteiger partial charge in [0.15, 0.2) is 5.76 Å². The van der Waals surface area contributed by atoms with Gasteiger partial charge in [-0.2, -0.15) is 0 Å². The second-order valence-electron chi connectivity index (χ2n) is 6.58. The van der Waals surface area contributed by atoms with Crippen molar-refractivity contribution >= 4 is 18.3 Å². The van der Waals surface area contributed by atoms with Crippen molar-refractivity contribution in [3.8, 4) is 17.0 Å². The van der Waals surface area contributed by atoms with E-state index in [4.69, 9.17) is 19.7 Å². The highest BCUT2D eigenvalue weighted by Gasteiger charge is 2.32. The fourth-order valence-corrected chi connectivity index (χ4v) is 3.30. The lowest BCUT2D eigenvalue weighted by atomic mass is 9.83. The third kappa shape index (κ3) is 5.22. The number of nitrogens with zero attached hydrogens (tertiary/aromatic N) is 1. The highest BCUT2D eigenvalue weighted by Crippen LogP contribution is 2.26. The number of nitrogens with one attached hydrogen (secondary N) is 1. The van der Waals surface area contributed by atoms with Crippen molar-refractivity contribution in [3.63, 3.8) is 0 Å². The van der Waals surface area contributed by atoms with Gasteiger partial charge in [0.05, 0.1) is 19.8 Å². The van der Waals surface area contributed by atoms with Crippen molar-refractivity contribution in [1.29, 1.82) is 0 Å². The van der Waals surface area contributed by atoms with Crippen LogP contribution in [0.5, 0.6) is 5.75 Å². The van der Waals surface area contributed by atoms with Crippen LogP contribution in [-0.2, 0) is 16.1 Å². The minimum atomic E-state index is -0.0828. The van der Waals surface area contributed by atoms with E-state index >= 15 is 0 Å². The monoisotopic (exact) mass is 395 g/mol. The molecule has 0 bridgehead atoms. The maximum Gasteiger partial charge on any atom is 0.223 e. The Morgan fingerprint density at radius 3 is 2.89 bits per heavy atom. The van der Waals surface area contributed by atoms with E-state index in [1.807, 2.05) is 30.3 Å². The summed E-state index contributed by atoms with van der Waals surface area (Å²) in [5.74, 6) is 1.27. The molecule has 3 N–H and O–H groups in total. The smallest absolute Gasteiger partial charge is 0.223 e. The summed E-state index contributed by atoms with van der Waals surface area (Å²) in [6.45, 7) is 0.302. The van der Waals surface area contributed by atoms with Crippen LogP contribution >= 0.6 is 12.4 Å². The summed E-state index contributed by atoms with van der Waals surface area (Å²) >= 11 is 0. The summed E-state index contributed by atoms with van der Waals surface area (Å²) < 4.78 is 15.9. The molecule has 1 aliphatic rings. The Labute approximate surface area is 165 Å². The maximum atomic E-state index is 12.4. The molecule has 27 heavy (non-hydrogen) atoms. The van der Waals surface area contributed by atoms with E-state index in [-0.39, 0.29) is 36.4 Å². The average molecular weight is 396 g/mol. The molecule has 0 spiro atoms. The molecule has 0 radical (unpaired) electrons. The molecule has 2 aromatic rings. The van der Waals surface area contributed by atoms with E-state index in [9.17, 15) is 4.79 Å². The van der Waals surface area contributed by atoms with E-state index < -0.39 is 0 Å². The number of carbonyl (C=O) groups excluding carboxylic acids is 1. The summed E-state index contributed by atoms with van der Waals surface area (Å²) in [6, 6.07) is 9.40. The quantitative estimate of drug-likeness (QED) is 0.779. The summed E-state index contributed by atoms with van der Waals surface area (Å²) in [6.07, 6.45) is 2.15. The molecular formula is C19H26ClN3O4. The zero-order valence-electron chi connectivity index (χ0n) is 15.5. The standard InChI is InChI=1S/C19H25N3O4.ClH/c1-24-14-5-3-4-12(8-14)17-10-15(26-22-17)11-21-19(23)13-6-7-16(20)18(9-13)25-2;/h3-5,8,10,13,16,18H,6-7,9,11,20H2,1-2H3,(H,21,23);1H/t13-,16+,18+;/m0./s1. The lowest BCUT2D eigenvalue weighted by Gasteiger charge is -2.32. The molecule has 1 amide bonds. The van der Waals surface area contributed by atoms with Crippen LogP contribution in [0.15, 0.2) is 34.9 Å². The maximum absolute atomic E-state index is 12.4. The van der Waals surface area contributed by atoms with E-state index in [1.165, 1.54) is 0 Å². The lowest BCUT2D eigenvalue weighted by molar-refractivity contribution is -0.128. The fraction of sp³-hybridized carbons (Fsp3) is 0.474. The largest absolute Gasteiger partial charge is 0.497 e. The predicted molar refractivity (Wildman–Crippen MR) is 104 cm³/mol. The number of hydrogen-bond acceptors (Lipinski definition) is 6. The second-order valence-corrected chi connectivity index (χ2v) is 6.58. The molecular weight excluding hydrogens is 370 g/mol. The van der Waals surface area contributed by atoms with E-state index in [0.717, 1.165) is 24.2 Å². The summed E-state index contributed by atoms with van der Waals surface area (Å²) in [4.78, 5) is 12.4. The van der Waals surface area contributed by atoms with Crippen LogP contribution in [0.2, 0.25) is 0 Å². The minimum absolute atomic E-state index is 0. The molecule has 1 fully saturated rings. The number of nitrogens with two attached hydrogens (primary N) is 1. The van der Waals surface area contributed by atoms with Crippen LogP contribution in [0.1, 0.15) is 25.0 Å². The number of aromatic nitrogens is 1. The van der Waals surface area contributed by atoms with Gasteiger partial charge in [-0.05, 0) is 31.4 Å². The zero-order valence-corrected chi connectivity index (χ0v) is 16.3. The number of amides is 1.